The second kappa shape index (κ2) is 7.45. The molecule has 5 nitrogen and oxygen atoms in total. The van der Waals surface area contributed by atoms with Crippen molar-refractivity contribution in [1.29, 1.82) is 0 Å². The summed E-state index contributed by atoms with van der Waals surface area (Å²) in [6.45, 7) is 2.68. The minimum atomic E-state index is 0.559. The first-order chi connectivity index (χ1) is 11.7. The average Bonchev–Trinajstić information content (AvgIpc) is 2.61. The standard InChI is InChI=1S/C19H24N2O3/c1-21(2)16-6-4-14(5-7-16)12-20-13-15-10-17(22-3)19-18(11-15)23-8-9-24-19/h4-7,10-11,20H,8-9,12-13H2,1-3H3. The summed E-state index contributed by atoms with van der Waals surface area (Å²) in [5.41, 5.74) is 3.57. The van der Waals surface area contributed by atoms with Crippen LogP contribution in [0.1, 0.15) is 11.1 Å². The molecule has 0 saturated heterocycles. The van der Waals surface area contributed by atoms with Crippen LogP contribution >= 0.6 is 0 Å². The molecule has 24 heavy (non-hydrogen) atoms. The number of anilines is 1. The van der Waals surface area contributed by atoms with Gasteiger partial charge in [0.1, 0.15) is 13.2 Å². The van der Waals surface area contributed by atoms with Crippen LogP contribution in [0.5, 0.6) is 17.2 Å². The fourth-order valence-corrected chi connectivity index (χ4v) is 2.69. The highest BCUT2D eigenvalue weighted by atomic mass is 16.6. The summed E-state index contributed by atoms with van der Waals surface area (Å²) >= 11 is 0. The van der Waals surface area contributed by atoms with E-state index in [9.17, 15) is 0 Å². The van der Waals surface area contributed by atoms with Crippen LogP contribution in [0.4, 0.5) is 5.69 Å². The molecule has 0 amide bonds. The summed E-state index contributed by atoms with van der Waals surface area (Å²) in [6.07, 6.45) is 0. The van der Waals surface area contributed by atoms with Gasteiger partial charge in [0.2, 0.25) is 5.75 Å². The number of nitrogens with zero attached hydrogens (tertiary/aromatic N) is 1. The number of hydrogen-bond acceptors (Lipinski definition) is 5. The Morgan fingerprint density at radius 2 is 1.71 bits per heavy atom. The predicted octanol–water partition coefficient (Wildman–Crippen LogP) is 2.82. The number of rotatable bonds is 6. The van der Waals surface area contributed by atoms with E-state index in [4.69, 9.17) is 14.2 Å². The van der Waals surface area contributed by atoms with Crippen molar-refractivity contribution in [3.8, 4) is 17.2 Å². The van der Waals surface area contributed by atoms with E-state index in [0.29, 0.717) is 19.0 Å². The molecule has 0 fully saturated rings. The van der Waals surface area contributed by atoms with Crippen LogP contribution in [0, 0.1) is 0 Å². The van der Waals surface area contributed by atoms with E-state index in [-0.39, 0.29) is 0 Å². The fourth-order valence-electron chi connectivity index (χ4n) is 2.69. The van der Waals surface area contributed by atoms with Crippen LogP contribution in [-0.2, 0) is 13.1 Å². The number of methoxy groups -OCH3 is 1. The topological polar surface area (TPSA) is 43.0 Å². The van der Waals surface area contributed by atoms with Gasteiger partial charge in [0.25, 0.3) is 0 Å². The lowest BCUT2D eigenvalue weighted by Gasteiger charge is -2.21. The van der Waals surface area contributed by atoms with E-state index in [2.05, 4.69) is 34.5 Å². The van der Waals surface area contributed by atoms with E-state index in [1.807, 2.05) is 26.2 Å². The molecule has 5 heteroatoms. The van der Waals surface area contributed by atoms with Crippen LogP contribution in [0.15, 0.2) is 36.4 Å². The third-order valence-corrected chi connectivity index (χ3v) is 4.00. The third kappa shape index (κ3) is 3.74. The van der Waals surface area contributed by atoms with Crippen molar-refractivity contribution in [2.45, 2.75) is 13.1 Å². The lowest BCUT2D eigenvalue weighted by atomic mass is 10.1. The summed E-state index contributed by atoms with van der Waals surface area (Å²) < 4.78 is 16.7. The van der Waals surface area contributed by atoms with Gasteiger partial charge in [-0.3, -0.25) is 0 Å². The normalized spacial score (nSPS) is 12.8. The molecule has 0 atom stereocenters. The minimum absolute atomic E-state index is 0.559. The maximum atomic E-state index is 5.67. The molecular weight excluding hydrogens is 304 g/mol. The SMILES string of the molecule is COc1cc(CNCc2ccc(N(C)C)cc2)cc2c1OCCO2. The van der Waals surface area contributed by atoms with Gasteiger partial charge in [-0.1, -0.05) is 12.1 Å². The Morgan fingerprint density at radius 3 is 2.42 bits per heavy atom. The molecule has 128 valence electrons. The lowest BCUT2D eigenvalue weighted by Crippen LogP contribution is -2.17. The van der Waals surface area contributed by atoms with Crippen molar-refractivity contribution in [3.05, 3.63) is 47.5 Å². The second-order valence-corrected chi connectivity index (χ2v) is 5.99. The Balaban J connectivity index is 1.62. The number of hydrogen-bond donors (Lipinski definition) is 1. The second-order valence-electron chi connectivity index (χ2n) is 5.99. The molecule has 0 unspecified atom stereocenters. The van der Waals surface area contributed by atoms with Gasteiger partial charge in [0, 0.05) is 32.9 Å². The molecule has 3 rings (SSSR count). The van der Waals surface area contributed by atoms with Crippen LogP contribution in [0.3, 0.4) is 0 Å². The molecule has 1 aliphatic heterocycles. The molecule has 0 saturated carbocycles. The van der Waals surface area contributed by atoms with Crippen molar-refractivity contribution in [1.82, 2.24) is 5.32 Å². The summed E-state index contributed by atoms with van der Waals surface area (Å²) in [5.74, 6) is 2.18. The van der Waals surface area contributed by atoms with Gasteiger partial charge < -0.3 is 24.4 Å². The molecule has 0 bridgehead atoms. The molecule has 0 aliphatic carbocycles. The van der Waals surface area contributed by atoms with Crippen LogP contribution < -0.4 is 24.4 Å². The molecular formula is C19H24N2O3. The Hall–Kier alpha value is -2.40. The number of nitrogens with one attached hydrogen (secondary N) is 1. The summed E-state index contributed by atoms with van der Waals surface area (Å²) in [4.78, 5) is 2.10. The highest BCUT2D eigenvalue weighted by Crippen LogP contribution is 2.40. The monoisotopic (exact) mass is 328 g/mol. The molecule has 1 heterocycles. The zero-order chi connectivity index (χ0) is 16.9. The molecule has 0 aromatic heterocycles. The Morgan fingerprint density at radius 1 is 1.00 bits per heavy atom. The Labute approximate surface area is 143 Å². The highest BCUT2D eigenvalue weighted by Gasteiger charge is 2.18. The third-order valence-electron chi connectivity index (χ3n) is 4.00. The van der Waals surface area contributed by atoms with E-state index >= 15 is 0 Å². The molecule has 0 spiro atoms. The first-order valence-electron chi connectivity index (χ1n) is 8.11. The van der Waals surface area contributed by atoms with Crippen LogP contribution in [0.2, 0.25) is 0 Å². The van der Waals surface area contributed by atoms with Gasteiger partial charge >= 0.3 is 0 Å². The van der Waals surface area contributed by atoms with E-state index in [0.717, 1.165) is 30.2 Å². The zero-order valence-electron chi connectivity index (χ0n) is 14.5. The van der Waals surface area contributed by atoms with Crippen LogP contribution in [0.25, 0.3) is 0 Å². The van der Waals surface area contributed by atoms with Crippen LogP contribution in [-0.4, -0.2) is 34.4 Å². The van der Waals surface area contributed by atoms with Gasteiger partial charge in [-0.2, -0.15) is 0 Å². The van der Waals surface area contributed by atoms with E-state index < -0.39 is 0 Å². The first-order valence-corrected chi connectivity index (χ1v) is 8.11. The molecule has 2 aromatic rings. The van der Waals surface area contributed by atoms with Crippen molar-refractivity contribution in [2.75, 3.05) is 39.3 Å². The fraction of sp³-hybridized carbons (Fsp3) is 0.368. The van der Waals surface area contributed by atoms with E-state index in [1.54, 1.807) is 7.11 Å². The number of fused-ring (bicyclic) bond motifs is 1. The maximum absolute atomic E-state index is 5.67. The number of ether oxygens (including phenoxy) is 3. The predicted molar refractivity (Wildman–Crippen MR) is 95.3 cm³/mol. The smallest absolute Gasteiger partial charge is 0.203 e. The minimum Gasteiger partial charge on any atom is -0.493 e. The van der Waals surface area contributed by atoms with Crippen molar-refractivity contribution >= 4 is 5.69 Å². The summed E-state index contributed by atoms with van der Waals surface area (Å²) in [5, 5.41) is 3.46. The molecule has 2 aromatic carbocycles. The van der Waals surface area contributed by atoms with Gasteiger partial charge in [0.05, 0.1) is 7.11 Å². The average molecular weight is 328 g/mol. The molecule has 0 radical (unpaired) electrons. The first kappa shape index (κ1) is 16.5. The highest BCUT2D eigenvalue weighted by molar-refractivity contribution is 5.54. The summed E-state index contributed by atoms with van der Waals surface area (Å²) in [6, 6.07) is 12.6. The molecule has 1 aliphatic rings. The quantitative estimate of drug-likeness (QED) is 0.883. The van der Waals surface area contributed by atoms with Crippen molar-refractivity contribution in [3.63, 3.8) is 0 Å². The van der Waals surface area contributed by atoms with Gasteiger partial charge in [-0.05, 0) is 35.4 Å². The van der Waals surface area contributed by atoms with Crippen molar-refractivity contribution < 1.29 is 14.2 Å². The number of benzene rings is 2. The van der Waals surface area contributed by atoms with Gasteiger partial charge in [0.15, 0.2) is 11.5 Å². The largest absolute Gasteiger partial charge is 0.493 e. The van der Waals surface area contributed by atoms with Gasteiger partial charge in [-0.15, -0.1) is 0 Å². The maximum Gasteiger partial charge on any atom is 0.203 e. The Bertz CT molecular complexity index is 667. The molecule has 1 N–H and O–H groups in total. The lowest BCUT2D eigenvalue weighted by molar-refractivity contribution is 0.165. The van der Waals surface area contributed by atoms with E-state index in [1.165, 1.54) is 11.3 Å². The zero-order valence-corrected chi connectivity index (χ0v) is 14.5. The van der Waals surface area contributed by atoms with Gasteiger partial charge in [-0.25, -0.2) is 0 Å². The summed E-state index contributed by atoms with van der Waals surface area (Å²) in [7, 11) is 5.74. The van der Waals surface area contributed by atoms with Crippen molar-refractivity contribution in [2.24, 2.45) is 0 Å². The Kier molecular flexibility index (Phi) is 5.11.